The molecule has 4 rings (SSSR count). The summed E-state index contributed by atoms with van der Waals surface area (Å²) >= 11 is 5.92. The highest BCUT2D eigenvalue weighted by molar-refractivity contribution is 6.30. The topological polar surface area (TPSA) is 89.7 Å². The first-order chi connectivity index (χ1) is 15.4. The van der Waals surface area contributed by atoms with Crippen molar-refractivity contribution in [2.75, 3.05) is 38.2 Å². The molecule has 0 aliphatic carbocycles. The van der Waals surface area contributed by atoms with Gasteiger partial charge in [-0.15, -0.1) is 0 Å². The zero-order chi connectivity index (χ0) is 22.8. The van der Waals surface area contributed by atoms with E-state index in [2.05, 4.69) is 10.00 Å². The molecule has 10 heteroatoms. The molecule has 166 valence electrons. The second-order valence-electron chi connectivity index (χ2n) is 7.36. The average molecular weight is 456 g/mol. The van der Waals surface area contributed by atoms with Crippen LogP contribution in [0, 0.1) is 0 Å². The molecular formula is C22H22ClN5O4. The van der Waals surface area contributed by atoms with Gasteiger partial charge < -0.3 is 14.5 Å². The molecular weight excluding hydrogens is 434 g/mol. The average Bonchev–Trinajstić information content (AvgIpc) is 2.83. The van der Waals surface area contributed by atoms with Crippen LogP contribution in [0.25, 0.3) is 5.69 Å². The van der Waals surface area contributed by atoms with Gasteiger partial charge in [0.05, 0.1) is 12.8 Å². The van der Waals surface area contributed by atoms with Crippen molar-refractivity contribution in [2.45, 2.75) is 0 Å². The van der Waals surface area contributed by atoms with Gasteiger partial charge in [0.1, 0.15) is 5.75 Å². The third kappa shape index (κ3) is 4.11. The van der Waals surface area contributed by atoms with Crippen molar-refractivity contribution in [3.63, 3.8) is 0 Å². The monoisotopic (exact) mass is 455 g/mol. The van der Waals surface area contributed by atoms with Crippen molar-refractivity contribution in [2.24, 2.45) is 7.05 Å². The molecule has 0 bridgehead atoms. The van der Waals surface area contributed by atoms with Crippen molar-refractivity contribution in [3.8, 4) is 11.4 Å². The summed E-state index contributed by atoms with van der Waals surface area (Å²) < 4.78 is 7.12. The SMILES string of the molecule is COc1ccc(N2CCN(C(=O)c3nn(-c4ccc(Cl)cc4)c(=O)n(C)c3=O)CC2)cc1. The molecule has 1 aliphatic rings. The van der Waals surface area contributed by atoms with Gasteiger partial charge in [0.25, 0.3) is 11.5 Å². The summed E-state index contributed by atoms with van der Waals surface area (Å²) in [6, 6.07) is 14.1. The number of nitrogens with zero attached hydrogens (tertiary/aromatic N) is 5. The van der Waals surface area contributed by atoms with E-state index in [1.807, 2.05) is 24.3 Å². The van der Waals surface area contributed by atoms with Crippen LogP contribution in [0.4, 0.5) is 5.69 Å². The number of carbonyl (C=O) groups is 1. The Morgan fingerprint density at radius 3 is 2.12 bits per heavy atom. The fourth-order valence-electron chi connectivity index (χ4n) is 3.57. The highest BCUT2D eigenvalue weighted by atomic mass is 35.5. The number of aromatic nitrogens is 3. The van der Waals surface area contributed by atoms with Crippen molar-refractivity contribution < 1.29 is 9.53 Å². The number of halogens is 1. The van der Waals surface area contributed by atoms with Crippen LogP contribution in [0.15, 0.2) is 58.1 Å². The molecule has 2 heterocycles. The van der Waals surface area contributed by atoms with Crippen molar-refractivity contribution >= 4 is 23.2 Å². The number of methoxy groups -OCH3 is 1. The number of rotatable bonds is 4. The second kappa shape index (κ2) is 8.88. The Hall–Kier alpha value is -3.59. The van der Waals surface area contributed by atoms with Crippen LogP contribution in [0.1, 0.15) is 10.5 Å². The third-order valence-corrected chi connectivity index (χ3v) is 5.71. The lowest BCUT2D eigenvalue weighted by molar-refractivity contribution is 0.0735. The molecule has 1 amide bonds. The minimum atomic E-state index is -0.720. The minimum absolute atomic E-state index is 0.292. The van der Waals surface area contributed by atoms with E-state index in [0.717, 1.165) is 20.7 Å². The molecule has 0 unspecified atom stereocenters. The maximum absolute atomic E-state index is 13.1. The first kappa shape index (κ1) is 21.6. The maximum atomic E-state index is 13.1. The summed E-state index contributed by atoms with van der Waals surface area (Å²) in [6.07, 6.45) is 0. The van der Waals surface area contributed by atoms with Gasteiger partial charge in [0, 0.05) is 43.9 Å². The number of hydrogen-bond donors (Lipinski definition) is 0. The molecule has 1 aromatic heterocycles. The molecule has 0 N–H and O–H groups in total. The first-order valence-electron chi connectivity index (χ1n) is 10.0. The van der Waals surface area contributed by atoms with Crippen LogP contribution in [0.5, 0.6) is 5.75 Å². The lowest BCUT2D eigenvalue weighted by Gasteiger charge is -2.35. The van der Waals surface area contributed by atoms with E-state index < -0.39 is 17.2 Å². The van der Waals surface area contributed by atoms with Gasteiger partial charge in [0.15, 0.2) is 0 Å². The van der Waals surface area contributed by atoms with E-state index in [4.69, 9.17) is 16.3 Å². The predicted molar refractivity (Wildman–Crippen MR) is 121 cm³/mol. The van der Waals surface area contributed by atoms with E-state index in [0.29, 0.717) is 36.9 Å². The number of anilines is 1. The van der Waals surface area contributed by atoms with Crippen molar-refractivity contribution in [3.05, 3.63) is 80.1 Å². The predicted octanol–water partition coefficient (Wildman–Crippen LogP) is 1.56. The number of amides is 1. The Balaban J connectivity index is 1.56. The fraction of sp³-hybridized carbons (Fsp3) is 0.273. The maximum Gasteiger partial charge on any atom is 0.351 e. The van der Waals surface area contributed by atoms with Crippen molar-refractivity contribution in [1.82, 2.24) is 19.2 Å². The van der Waals surface area contributed by atoms with Gasteiger partial charge in [-0.1, -0.05) is 11.6 Å². The van der Waals surface area contributed by atoms with Gasteiger partial charge in [-0.2, -0.15) is 9.78 Å². The number of ether oxygens (including phenoxy) is 1. The zero-order valence-electron chi connectivity index (χ0n) is 17.7. The van der Waals surface area contributed by atoms with Gasteiger partial charge in [-0.05, 0) is 48.5 Å². The minimum Gasteiger partial charge on any atom is -0.497 e. The second-order valence-corrected chi connectivity index (χ2v) is 7.80. The molecule has 0 spiro atoms. The molecule has 1 aliphatic heterocycles. The number of hydrogen-bond acceptors (Lipinski definition) is 6. The first-order valence-corrected chi connectivity index (χ1v) is 10.4. The van der Waals surface area contributed by atoms with E-state index >= 15 is 0 Å². The zero-order valence-corrected chi connectivity index (χ0v) is 18.5. The van der Waals surface area contributed by atoms with Gasteiger partial charge >= 0.3 is 5.69 Å². The highest BCUT2D eigenvalue weighted by Crippen LogP contribution is 2.20. The van der Waals surface area contributed by atoms with E-state index in [-0.39, 0.29) is 5.69 Å². The fourth-order valence-corrected chi connectivity index (χ4v) is 3.69. The molecule has 32 heavy (non-hydrogen) atoms. The Morgan fingerprint density at radius 1 is 0.938 bits per heavy atom. The third-order valence-electron chi connectivity index (χ3n) is 5.45. The quantitative estimate of drug-likeness (QED) is 0.593. The molecule has 1 saturated heterocycles. The van der Waals surface area contributed by atoms with Gasteiger partial charge in [0.2, 0.25) is 5.69 Å². The van der Waals surface area contributed by atoms with Crippen LogP contribution in [-0.4, -0.2) is 58.4 Å². The summed E-state index contributed by atoms with van der Waals surface area (Å²) in [4.78, 5) is 42.1. The molecule has 2 aromatic carbocycles. The van der Waals surface area contributed by atoms with Gasteiger partial charge in [-0.25, -0.2) is 4.79 Å². The van der Waals surface area contributed by atoms with Crippen molar-refractivity contribution in [1.29, 1.82) is 0 Å². The molecule has 1 fully saturated rings. The summed E-state index contributed by atoms with van der Waals surface area (Å²) in [6.45, 7) is 2.07. The Labute approximate surface area is 189 Å². The Bertz CT molecular complexity index is 1240. The summed E-state index contributed by atoms with van der Waals surface area (Å²) in [5, 5.41) is 4.61. The summed E-state index contributed by atoms with van der Waals surface area (Å²) in [7, 11) is 2.95. The number of piperazine rings is 1. The van der Waals surface area contributed by atoms with Crippen LogP contribution in [0.2, 0.25) is 5.02 Å². The lowest BCUT2D eigenvalue weighted by atomic mass is 10.2. The van der Waals surface area contributed by atoms with E-state index in [1.165, 1.54) is 7.05 Å². The Morgan fingerprint density at radius 2 is 1.53 bits per heavy atom. The lowest BCUT2D eigenvalue weighted by Crippen LogP contribution is -2.51. The molecule has 0 radical (unpaired) electrons. The van der Waals surface area contributed by atoms with Gasteiger partial charge in [-0.3, -0.25) is 14.2 Å². The van der Waals surface area contributed by atoms with Crippen LogP contribution < -0.4 is 20.9 Å². The molecule has 0 atom stereocenters. The number of benzene rings is 2. The Kier molecular flexibility index (Phi) is 6.00. The van der Waals surface area contributed by atoms with Crippen LogP contribution in [0.3, 0.4) is 0 Å². The smallest absolute Gasteiger partial charge is 0.351 e. The summed E-state index contributed by atoms with van der Waals surface area (Å²) in [5.74, 6) is 0.281. The molecule has 3 aromatic rings. The van der Waals surface area contributed by atoms with E-state index in [1.54, 1.807) is 36.3 Å². The largest absolute Gasteiger partial charge is 0.497 e. The summed E-state index contributed by atoms with van der Waals surface area (Å²) in [5.41, 5.74) is -0.211. The normalized spacial score (nSPS) is 13.8. The van der Waals surface area contributed by atoms with E-state index in [9.17, 15) is 14.4 Å². The molecule has 9 nitrogen and oxygen atoms in total. The number of carbonyl (C=O) groups excluding carboxylic acids is 1. The standard InChI is InChI=1S/C22H22ClN5O4/c1-25-20(29)19(24-28(22(25)31)17-5-3-15(23)4-6-17)21(30)27-13-11-26(12-14-27)16-7-9-18(32-2)10-8-16/h3-10H,11-14H2,1-2H3. The van der Waals surface area contributed by atoms with Crippen LogP contribution in [-0.2, 0) is 7.05 Å². The molecule has 0 saturated carbocycles. The highest BCUT2D eigenvalue weighted by Gasteiger charge is 2.27. The van der Waals surface area contributed by atoms with Crippen LogP contribution >= 0.6 is 11.6 Å².